The summed E-state index contributed by atoms with van der Waals surface area (Å²) in [6, 6.07) is 15.6. The van der Waals surface area contributed by atoms with E-state index >= 15 is 0 Å². The second-order valence-electron chi connectivity index (χ2n) is 10.1. The monoisotopic (exact) mass is 522 g/mol. The fourth-order valence-corrected chi connectivity index (χ4v) is 5.91. The van der Waals surface area contributed by atoms with Crippen LogP contribution in [-0.2, 0) is 34.7 Å². The molecule has 0 saturated carbocycles. The molecule has 7 rings (SSSR count). The van der Waals surface area contributed by atoms with E-state index in [1.165, 1.54) is 5.56 Å². The SMILES string of the molecule is CCC1(O)C(=O)OCc2c1cc1n(c2=O)Cc2c-1nc1cccc3c1c2N(CCc1ccc(OC)cc1)C=N3. The zero-order valence-electron chi connectivity index (χ0n) is 21.6. The lowest BCUT2D eigenvalue weighted by Gasteiger charge is -2.31. The summed E-state index contributed by atoms with van der Waals surface area (Å²) in [4.78, 5) is 38.0. The molecule has 0 aliphatic carbocycles. The van der Waals surface area contributed by atoms with Gasteiger partial charge in [0.15, 0.2) is 5.60 Å². The van der Waals surface area contributed by atoms with Gasteiger partial charge in [0.2, 0.25) is 0 Å². The van der Waals surface area contributed by atoms with E-state index in [-0.39, 0.29) is 18.6 Å². The number of cyclic esters (lactones) is 1. The normalized spacial score (nSPS) is 18.5. The number of carbonyl (C=O) groups excluding carboxylic acids is 1. The number of hydrogen-bond donors (Lipinski definition) is 1. The summed E-state index contributed by atoms with van der Waals surface area (Å²) in [5.74, 6) is 0.0843. The highest BCUT2D eigenvalue weighted by atomic mass is 16.6. The van der Waals surface area contributed by atoms with Crippen molar-refractivity contribution >= 4 is 34.6 Å². The maximum Gasteiger partial charge on any atom is 0.343 e. The molecule has 0 bridgehead atoms. The lowest BCUT2D eigenvalue weighted by molar-refractivity contribution is -0.172. The number of aromatic nitrogens is 2. The second-order valence-corrected chi connectivity index (χ2v) is 10.1. The van der Waals surface area contributed by atoms with Crippen LogP contribution in [0.2, 0.25) is 0 Å². The summed E-state index contributed by atoms with van der Waals surface area (Å²) in [6.07, 6.45) is 2.73. The third kappa shape index (κ3) is 3.36. The Bertz CT molecular complexity index is 1780. The van der Waals surface area contributed by atoms with E-state index in [9.17, 15) is 14.7 Å². The Balaban J connectivity index is 1.37. The molecule has 39 heavy (non-hydrogen) atoms. The molecule has 3 aliphatic rings. The van der Waals surface area contributed by atoms with Gasteiger partial charge in [-0.05, 0) is 48.7 Å². The first kappa shape index (κ1) is 23.6. The highest BCUT2D eigenvalue weighted by Crippen LogP contribution is 2.46. The van der Waals surface area contributed by atoms with Crippen LogP contribution in [0.3, 0.4) is 0 Å². The number of pyridine rings is 2. The van der Waals surface area contributed by atoms with Gasteiger partial charge in [-0.25, -0.2) is 14.8 Å². The fourth-order valence-electron chi connectivity index (χ4n) is 5.91. The van der Waals surface area contributed by atoms with Gasteiger partial charge >= 0.3 is 5.97 Å². The number of carbonyl (C=O) groups is 1. The van der Waals surface area contributed by atoms with Crippen LogP contribution < -0.4 is 15.2 Å². The summed E-state index contributed by atoms with van der Waals surface area (Å²) in [5.41, 5.74) is 4.44. The molecule has 0 fully saturated rings. The number of rotatable bonds is 5. The number of fused-ring (bicyclic) bond motifs is 5. The molecule has 0 saturated heterocycles. The molecular weight excluding hydrogens is 496 g/mol. The van der Waals surface area contributed by atoms with E-state index in [0.29, 0.717) is 35.6 Å². The Morgan fingerprint density at radius 2 is 1.95 bits per heavy atom. The number of anilines is 1. The minimum absolute atomic E-state index is 0.101. The number of nitrogens with zero attached hydrogens (tertiary/aromatic N) is 4. The third-order valence-electron chi connectivity index (χ3n) is 8.09. The van der Waals surface area contributed by atoms with Gasteiger partial charge in [-0.15, -0.1) is 0 Å². The lowest BCUT2D eigenvalue weighted by atomic mass is 9.86. The average Bonchev–Trinajstić information content (AvgIpc) is 3.34. The lowest BCUT2D eigenvalue weighted by Crippen LogP contribution is -2.44. The number of hydrogen-bond acceptors (Lipinski definition) is 8. The molecule has 3 aliphatic heterocycles. The summed E-state index contributed by atoms with van der Waals surface area (Å²) in [7, 11) is 1.65. The van der Waals surface area contributed by atoms with Gasteiger partial charge in [-0.1, -0.05) is 25.1 Å². The molecule has 1 atom stereocenters. The van der Waals surface area contributed by atoms with Crippen molar-refractivity contribution in [2.24, 2.45) is 4.99 Å². The number of benzene rings is 2. The summed E-state index contributed by atoms with van der Waals surface area (Å²) in [6.45, 7) is 2.55. The first-order valence-corrected chi connectivity index (χ1v) is 13.0. The number of methoxy groups -OCH3 is 1. The first-order valence-electron chi connectivity index (χ1n) is 13.0. The van der Waals surface area contributed by atoms with Crippen molar-refractivity contribution in [3.63, 3.8) is 0 Å². The molecular formula is C30H26N4O5. The van der Waals surface area contributed by atoms with Crippen LogP contribution in [-0.4, -0.2) is 40.6 Å². The highest BCUT2D eigenvalue weighted by Gasteiger charge is 2.45. The van der Waals surface area contributed by atoms with E-state index in [0.717, 1.165) is 40.0 Å². The van der Waals surface area contributed by atoms with Gasteiger partial charge in [0, 0.05) is 17.7 Å². The van der Waals surface area contributed by atoms with Gasteiger partial charge in [0.25, 0.3) is 5.56 Å². The first-order chi connectivity index (χ1) is 18.9. The van der Waals surface area contributed by atoms with Crippen LogP contribution in [0.15, 0.2) is 58.3 Å². The van der Waals surface area contributed by atoms with E-state index in [1.807, 2.05) is 36.7 Å². The zero-order valence-corrected chi connectivity index (χ0v) is 21.6. The molecule has 9 heteroatoms. The summed E-state index contributed by atoms with van der Waals surface area (Å²) >= 11 is 0. The quantitative estimate of drug-likeness (QED) is 0.350. The van der Waals surface area contributed by atoms with Gasteiger partial charge < -0.3 is 24.0 Å². The fraction of sp³-hybridized carbons (Fsp3) is 0.267. The van der Waals surface area contributed by atoms with Crippen LogP contribution in [0, 0.1) is 0 Å². The van der Waals surface area contributed by atoms with Gasteiger partial charge in [0.1, 0.15) is 12.4 Å². The molecule has 1 N–H and O–H groups in total. The zero-order chi connectivity index (χ0) is 26.9. The smallest absolute Gasteiger partial charge is 0.343 e. The van der Waals surface area contributed by atoms with Crippen molar-refractivity contribution in [2.45, 2.75) is 38.5 Å². The Hall–Kier alpha value is -4.50. The third-order valence-corrected chi connectivity index (χ3v) is 8.09. The van der Waals surface area contributed by atoms with E-state index in [4.69, 9.17) is 19.5 Å². The minimum Gasteiger partial charge on any atom is -0.497 e. The summed E-state index contributed by atoms with van der Waals surface area (Å²) < 4.78 is 12.2. The Morgan fingerprint density at radius 3 is 2.72 bits per heavy atom. The average molecular weight is 523 g/mol. The molecule has 9 nitrogen and oxygen atoms in total. The number of ether oxygens (including phenoxy) is 2. The van der Waals surface area contributed by atoms with Crippen molar-refractivity contribution in [3.05, 3.63) is 81.1 Å². The molecule has 0 radical (unpaired) electrons. The maximum atomic E-state index is 13.7. The number of aliphatic imine (C=N–C) groups is 1. The number of aliphatic hydroxyl groups is 1. The van der Waals surface area contributed by atoms with Crippen LogP contribution >= 0.6 is 0 Å². The second kappa shape index (κ2) is 8.51. The minimum atomic E-state index is -1.86. The van der Waals surface area contributed by atoms with Crippen molar-refractivity contribution in [1.82, 2.24) is 9.55 Å². The molecule has 2 aromatic carbocycles. The van der Waals surface area contributed by atoms with Gasteiger partial charge in [0.05, 0.1) is 59.2 Å². The summed E-state index contributed by atoms with van der Waals surface area (Å²) in [5, 5.41) is 12.1. The highest BCUT2D eigenvalue weighted by molar-refractivity contribution is 6.11. The van der Waals surface area contributed by atoms with Crippen LogP contribution in [0.1, 0.15) is 35.6 Å². The maximum absolute atomic E-state index is 13.7. The predicted octanol–water partition coefficient (Wildman–Crippen LogP) is 3.81. The molecule has 0 amide bonds. The molecule has 5 heterocycles. The molecule has 0 spiro atoms. The van der Waals surface area contributed by atoms with Crippen molar-refractivity contribution in [2.75, 3.05) is 18.6 Å². The van der Waals surface area contributed by atoms with Crippen LogP contribution in [0.25, 0.3) is 22.3 Å². The van der Waals surface area contributed by atoms with Gasteiger partial charge in [-0.3, -0.25) is 4.79 Å². The molecule has 2 aromatic heterocycles. The standard InChI is InChI=1S/C30H26N4O5/c1-3-30(37)21-13-24-26-19(14-34(24)28(35)20(21)15-39-29(30)36)27-25-22(5-4-6-23(25)32-26)31-16-33(27)12-11-17-7-9-18(38-2)10-8-17/h4-10,13,16,37H,3,11-12,14-15H2,1-2H3. The van der Waals surface area contributed by atoms with E-state index in [2.05, 4.69) is 17.0 Å². The van der Waals surface area contributed by atoms with Crippen molar-refractivity contribution < 1.29 is 19.4 Å². The van der Waals surface area contributed by atoms with Crippen molar-refractivity contribution in [1.29, 1.82) is 0 Å². The van der Waals surface area contributed by atoms with Crippen LogP contribution in [0.4, 0.5) is 11.4 Å². The largest absolute Gasteiger partial charge is 0.497 e. The Morgan fingerprint density at radius 1 is 1.13 bits per heavy atom. The Labute approximate surface area is 224 Å². The van der Waals surface area contributed by atoms with E-state index < -0.39 is 11.6 Å². The predicted molar refractivity (Wildman–Crippen MR) is 147 cm³/mol. The number of esters is 1. The molecule has 4 aromatic rings. The molecule has 1 unspecified atom stereocenters. The van der Waals surface area contributed by atoms with E-state index in [1.54, 1.807) is 24.7 Å². The van der Waals surface area contributed by atoms with Crippen LogP contribution in [0.5, 0.6) is 5.75 Å². The van der Waals surface area contributed by atoms with Gasteiger partial charge in [-0.2, -0.15) is 0 Å². The topological polar surface area (TPSA) is 106 Å². The molecule has 196 valence electrons. The van der Waals surface area contributed by atoms with Crippen molar-refractivity contribution in [3.8, 4) is 17.1 Å². The Kier molecular flexibility index (Phi) is 5.15.